The Morgan fingerprint density at radius 3 is 2.16 bits per heavy atom. The number of allylic oxidation sites excluding steroid dienone is 1. The van der Waals surface area contributed by atoms with Crippen LogP contribution in [0.25, 0.3) is 0 Å². The maximum atomic E-state index is 13.1. The van der Waals surface area contributed by atoms with Crippen molar-refractivity contribution in [1.82, 2.24) is 10.2 Å². The Balaban J connectivity index is 1.20. The van der Waals surface area contributed by atoms with E-state index >= 15 is 0 Å². The van der Waals surface area contributed by atoms with E-state index in [-0.39, 0.29) is 40.6 Å². The minimum atomic E-state index is -1.13. The summed E-state index contributed by atoms with van der Waals surface area (Å²) in [5.74, 6) is 1.95. The summed E-state index contributed by atoms with van der Waals surface area (Å²) in [5.41, 5.74) is 1.28. The average molecular weight is 709 g/mol. The van der Waals surface area contributed by atoms with Gasteiger partial charge in [-0.15, -0.1) is 0 Å². The third-order valence-corrected chi connectivity index (χ3v) is 17.5. The van der Waals surface area contributed by atoms with E-state index in [2.05, 4.69) is 58.3 Å². The fourth-order valence-corrected chi connectivity index (χ4v) is 14.5. The Morgan fingerprint density at radius 2 is 1.53 bits per heavy atom. The second kappa shape index (κ2) is 13.4. The second-order valence-corrected chi connectivity index (χ2v) is 20.8. The number of hydrogen-bond donors (Lipinski definition) is 2. The third-order valence-electron chi connectivity index (χ3n) is 17.5. The molecule has 6 fully saturated rings. The van der Waals surface area contributed by atoms with E-state index in [9.17, 15) is 19.5 Å². The van der Waals surface area contributed by atoms with Gasteiger partial charge in [-0.05, 0) is 162 Å². The number of carbonyl (C=O) groups excluding carboxylic acids is 2. The zero-order chi connectivity index (χ0) is 37.4. The van der Waals surface area contributed by atoms with Gasteiger partial charge in [-0.2, -0.15) is 0 Å². The summed E-state index contributed by atoms with van der Waals surface area (Å²) in [5, 5.41) is 12.8. The molecule has 7 heteroatoms. The molecule has 5 saturated carbocycles. The number of likely N-dealkylation sites (tertiary alicyclic amines) is 1. The Morgan fingerprint density at radius 1 is 0.843 bits per heavy atom. The number of nitrogens with zero attached hydrogens (tertiary/aromatic N) is 1. The molecule has 0 aromatic carbocycles. The number of carboxylic acid groups (broad SMARTS) is 1. The van der Waals surface area contributed by atoms with Gasteiger partial charge >= 0.3 is 11.9 Å². The molecule has 0 radical (unpaired) electrons. The molecular weight excluding hydrogens is 636 g/mol. The van der Waals surface area contributed by atoms with Crippen LogP contribution in [0, 0.1) is 62.1 Å². The second-order valence-electron chi connectivity index (χ2n) is 20.8. The minimum absolute atomic E-state index is 0.0950. The predicted molar refractivity (Wildman–Crippen MR) is 203 cm³/mol. The molecule has 1 saturated heterocycles. The van der Waals surface area contributed by atoms with Crippen LogP contribution in [-0.2, 0) is 19.1 Å². The standard InChI is InChI=1S/C44H72N2O5/c1-28(2)31-13-20-44(23-26-46-24-16-30(17-25-46)45-29(3)47)22-21-42(9)32(37(31)44)11-12-34-41(8)18-15-35(51-36(48)27-39(4,5)38(49)50)40(6,7)33(41)14-19-43(34,42)10/h30-35,37H,1,11-27H2,2-10H3,(H,45,47)(H,49,50)/t31-,32+,33-,34+,35-,37+,41-,42+,43+,44+/m0/s1. The number of amides is 1. The summed E-state index contributed by atoms with van der Waals surface area (Å²) >= 11 is 0. The highest BCUT2D eigenvalue weighted by molar-refractivity contribution is 5.81. The molecule has 2 N–H and O–H groups in total. The van der Waals surface area contributed by atoms with E-state index in [4.69, 9.17) is 4.74 Å². The number of hydrogen-bond acceptors (Lipinski definition) is 5. The number of carboxylic acids is 1. The van der Waals surface area contributed by atoms with Crippen LogP contribution in [0.3, 0.4) is 0 Å². The SMILES string of the molecule is C=C(C)[C@@H]1CC[C@]2(CCN3CCC(NC(C)=O)CC3)CC[C@]3(C)[C@H](CC[C@@H]4[C@@]5(C)CC[C@H](OC(=O)CC(C)(C)C(=O)O)C(C)(C)[C@@H]5CC[C@]43C)[C@@H]12. The molecule has 1 aliphatic heterocycles. The molecule has 6 rings (SSSR count). The Bertz CT molecular complexity index is 1380. The van der Waals surface area contributed by atoms with Crippen molar-refractivity contribution in [2.75, 3.05) is 19.6 Å². The predicted octanol–water partition coefficient (Wildman–Crippen LogP) is 9.05. The van der Waals surface area contributed by atoms with Crippen LogP contribution in [0.2, 0.25) is 0 Å². The van der Waals surface area contributed by atoms with Crippen LogP contribution in [0.5, 0.6) is 0 Å². The molecule has 288 valence electrons. The molecule has 0 aromatic rings. The highest BCUT2D eigenvalue weighted by Gasteiger charge is 2.71. The van der Waals surface area contributed by atoms with Gasteiger partial charge in [0.2, 0.25) is 5.91 Å². The molecule has 0 unspecified atom stereocenters. The van der Waals surface area contributed by atoms with Gasteiger partial charge in [-0.1, -0.05) is 46.8 Å². The van der Waals surface area contributed by atoms with Crippen LogP contribution >= 0.6 is 0 Å². The molecule has 6 aliphatic rings. The van der Waals surface area contributed by atoms with Crippen molar-refractivity contribution >= 4 is 17.8 Å². The lowest BCUT2D eigenvalue weighted by Crippen LogP contribution is -2.66. The monoisotopic (exact) mass is 709 g/mol. The zero-order valence-corrected chi connectivity index (χ0v) is 33.8. The van der Waals surface area contributed by atoms with Crippen LogP contribution < -0.4 is 5.32 Å². The number of fused-ring (bicyclic) bond motifs is 7. The van der Waals surface area contributed by atoms with E-state index in [1.165, 1.54) is 69.9 Å². The summed E-state index contributed by atoms with van der Waals surface area (Å²) in [6.07, 6.45) is 15.4. The van der Waals surface area contributed by atoms with Crippen molar-refractivity contribution < 1.29 is 24.2 Å². The highest BCUT2D eigenvalue weighted by Crippen LogP contribution is 2.78. The first-order valence-corrected chi connectivity index (χ1v) is 20.8. The number of carbonyl (C=O) groups is 3. The van der Waals surface area contributed by atoms with Crippen molar-refractivity contribution in [2.45, 2.75) is 164 Å². The van der Waals surface area contributed by atoms with E-state index in [0.717, 1.165) is 50.6 Å². The summed E-state index contributed by atoms with van der Waals surface area (Å²) in [6, 6.07) is 0.332. The molecule has 7 nitrogen and oxygen atoms in total. The topological polar surface area (TPSA) is 95.9 Å². The number of piperidine rings is 1. The van der Waals surface area contributed by atoms with Crippen LogP contribution in [0.4, 0.5) is 0 Å². The van der Waals surface area contributed by atoms with E-state index < -0.39 is 11.4 Å². The van der Waals surface area contributed by atoms with Gasteiger partial charge in [0.05, 0.1) is 11.8 Å². The molecule has 51 heavy (non-hydrogen) atoms. The first-order chi connectivity index (χ1) is 23.7. The lowest BCUT2D eigenvalue weighted by Gasteiger charge is -2.73. The maximum absolute atomic E-state index is 13.1. The number of aliphatic carboxylic acids is 1. The summed E-state index contributed by atoms with van der Waals surface area (Å²) < 4.78 is 6.20. The molecule has 0 bridgehead atoms. The number of rotatable bonds is 9. The van der Waals surface area contributed by atoms with Crippen LogP contribution in [-0.4, -0.2) is 59.6 Å². The summed E-state index contributed by atoms with van der Waals surface area (Å²) in [4.78, 5) is 39.2. The van der Waals surface area contributed by atoms with Gasteiger partial charge in [0, 0.05) is 31.5 Å². The first-order valence-electron chi connectivity index (χ1n) is 20.8. The van der Waals surface area contributed by atoms with E-state index in [0.29, 0.717) is 34.6 Å². The summed E-state index contributed by atoms with van der Waals surface area (Å²) in [7, 11) is 0. The molecular formula is C44H72N2O5. The molecule has 5 aliphatic carbocycles. The van der Waals surface area contributed by atoms with Crippen molar-refractivity contribution in [3.8, 4) is 0 Å². The van der Waals surface area contributed by atoms with E-state index in [1.54, 1.807) is 20.8 Å². The van der Waals surface area contributed by atoms with Crippen molar-refractivity contribution in [1.29, 1.82) is 0 Å². The zero-order valence-electron chi connectivity index (χ0n) is 33.8. The molecule has 1 heterocycles. The summed E-state index contributed by atoms with van der Waals surface area (Å²) in [6.45, 7) is 27.9. The van der Waals surface area contributed by atoms with Crippen LogP contribution in [0.1, 0.15) is 152 Å². The van der Waals surface area contributed by atoms with Crippen molar-refractivity contribution in [2.24, 2.45) is 62.1 Å². The normalized spacial score (nSPS) is 42.5. The van der Waals surface area contributed by atoms with Crippen molar-refractivity contribution in [3.63, 3.8) is 0 Å². The Labute approximate surface area is 309 Å². The smallest absolute Gasteiger partial charge is 0.309 e. The molecule has 1 amide bonds. The minimum Gasteiger partial charge on any atom is -0.481 e. The molecule has 0 aromatic heterocycles. The van der Waals surface area contributed by atoms with Gasteiger partial charge < -0.3 is 20.1 Å². The fourth-order valence-electron chi connectivity index (χ4n) is 14.5. The Hall–Kier alpha value is -1.89. The third kappa shape index (κ3) is 6.43. The van der Waals surface area contributed by atoms with Crippen molar-refractivity contribution in [3.05, 3.63) is 12.2 Å². The van der Waals surface area contributed by atoms with Gasteiger partial charge in [0.25, 0.3) is 0 Å². The number of nitrogens with one attached hydrogen (secondary N) is 1. The van der Waals surface area contributed by atoms with Crippen LogP contribution in [0.15, 0.2) is 12.2 Å². The number of ether oxygens (including phenoxy) is 1. The van der Waals surface area contributed by atoms with Gasteiger partial charge in [-0.3, -0.25) is 14.4 Å². The quantitative estimate of drug-likeness (QED) is 0.183. The number of esters is 1. The first kappa shape index (κ1) is 38.8. The molecule has 10 atom stereocenters. The van der Waals surface area contributed by atoms with Gasteiger partial charge in [0.15, 0.2) is 0 Å². The Kier molecular flexibility index (Phi) is 10.2. The molecule has 0 spiro atoms. The van der Waals surface area contributed by atoms with Gasteiger partial charge in [-0.25, -0.2) is 0 Å². The lowest BCUT2D eigenvalue weighted by molar-refractivity contribution is -0.250. The van der Waals surface area contributed by atoms with E-state index in [1.807, 2.05) is 0 Å². The van der Waals surface area contributed by atoms with Gasteiger partial charge in [0.1, 0.15) is 6.10 Å². The average Bonchev–Trinajstić information content (AvgIpc) is 3.42. The highest BCUT2D eigenvalue weighted by atomic mass is 16.5. The maximum Gasteiger partial charge on any atom is 0.309 e. The fraction of sp³-hybridized carbons (Fsp3) is 0.886. The lowest BCUT2D eigenvalue weighted by atomic mass is 9.32. The largest absolute Gasteiger partial charge is 0.481 e.